The van der Waals surface area contributed by atoms with Gasteiger partial charge in [0, 0.05) is 16.7 Å². The molecular formula is C21H16O7. The third-order valence-corrected chi connectivity index (χ3v) is 5.04. The number of Topliss-reactive ketones (excluding diaryl/α,β-unsaturated/α-hetero) is 2. The Kier molecular flexibility index (Phi) is 4.65. The Hall–Kier alpha value is -3.48. The molecule has 7 nitrogen and oxygen atoms in total. The molecule has 28 heavy (non-hydrogen) atoms. The molecule has 1 aliphatic carbocycles. The average molecular weight is 380 g/mol. The summed E-state index contributed by atoms with van der Waals surface area (Å²) in [6, 6.07) is 8.87. The second-order valence-electron chi connectivity index (χ2n) is 6.62. The summed E-state index contributed by atoms with van der Waals surface area (Å²) in [4.78, 5) is 45.4. The molecule has 142 valence electrons. The summed E-state index contributed by atoms with van der Waals surface area (Å²) in [5.41, 5.74) is 4.45. The molecule has 0 saturated carbocycles. The van der Waals surface area contributed by atoms with Crippen molar-refractivity contribution >= 4 is 24.5 Å². The third-order valence-electron chi connectivity index (χ3n) is 5.04. The second-order valence-corrected chi connectivity index (χ2v) is 6.62. The predicted molar refractivity (Wildman–Crippen MR) is 96.1 cm³/mol. The Morgan fingerprint density at radius 3 is 2.71 bits per heavy atom. The number of carbonyl (C=O) groups excluding carboxylic acids is 4. The number of rotatable bonds is 6. The lowest BCUT2D eigenvalue weighted by Gasteiger charge is -2.27. The molecule has 7 heteroatoms. The van der Waals surface area contributed by atoms with Crippen molar-refractivity contribution in [2.45, 2.75) is 25.6 Å². The van der Waals surface area contributed by atoms with Crippen LogP contribution in [0.1, 0.15) is 38.3 Å². The topological polar surface area (TPSA) is 96.0 Å². The van der Waals surface area contributed by atoms with Crippen molar-refractivity contribution in [2.75, 3.05) is 6.61 Å². The Balaban J connectivity index is 1.69. The van der Waals surface area contributed by atoms with E-state index in [9.17, 15) is 19.2 Å². The first-order valence-electron chi connectivity index (χ1n) is 8.77. The molecule has 1 atom stereocenters. The van der Waals surface area contributed by atoms with Gasteiger partial charge in [0.1, 0.15) is 12.4 Å². The fourth-order valence-electron chi connectivity index (χ4n) is 3.68. The lowest BCUT2D eigenvalue weighted by atomic mass is 9.84. The van der Waals surface area contributed by atoms with Gasteiger partial charge in [0.2, 0.25) is 5.78 Å². The van der Waals surface area contributed by atoms with E-state index < -0.39 is 6.10 Å². The van der Waals surface area contributed by atoms with Crippen LogP contribution in [0.3, 0.4) is 0 Å². The van der Waals surface area contributed by atoms with Gasteiger partial charge >= 0.3 is 0 Å². The highest BCUT2D eigenvalue weighted by Gasteiger charge is 2.31. The van der Waals surface area contributed by atoms with Gasteiger partial charge in [-0.1, -0.05) is 12.1 Å². The van der Waals surface area contributed by atoms with Crippen molar-refractivity contribution in [2.24, 2.45) is 0 Å². The maximum Gasteiger partial charge on any atom is 0.293 e. The molecule has 0 bridgehead atoms. The van der Waals surface area contributed by atoms with Crippen LogP contribution in [0.25, 0.3) is 11.1 Å². The summed E-state index contributed by atoms with van der Waals surface area (Å²) in [5, 5.41) is 0. The van der Waals surface area contributed by atoms with Crippen LogP contribution in [0, 0.1) is 0 Å². The van der Waals surface area contributed by atoms with Crippen LogP contribution in [-0.2, 0) is 32.1 Å². The highest BCUT2D eigenvalue weighted by atomic mass is 16.5. The van der Waals surface area contributed by atoms with Gasteiger partial charge in [0.15, 0.2) is 18.5 Å². The highest BCUT2D eigenvalue weighted by molar-refractivity contribution is 6.03. The van der Waals surface area contributed by atoms with E-state index in [1.54, 1.807) is 18.2 Å². The summed E-state index contributed by atoms with van der Waals surface area (Å²) in [6.45, 7) is 0.487. The number of aryl methyl sites for hydroxylation is 1. The van der Waals surface area contributed by atoms with Crippen LogP contribution in [0.2, 0.25) is 0 Å². The molecule has 2 aliphatic rings. The summed E-state index contributed by atoms with van der Waals surface area (Å²) < 4.78 is 15.2. The molecule has 2 aromatic rings. The zero-order valence-electron chi connectivity index (χ0n) is 14.8. The van der Waals surface area contributed by atoms with Gasteiger partial charge in [-0.25, -0.2) is 0 Å². The predicted octanol–water partition coefficient (Wildman–Crippen LogP) is 2.27. The van der Waals surface area contributed by atoms with Crippen molar-refractivity contribution in [3.8, 4) is 16.9 Å². The molecule has 0 radical (unpaired) electrons. The molecule has 2 aromatic carbocycles. The maximum atomic E-state index is 12.5. The Bertz CT molecular complexity index is 992. The minimum Gasteiger partial charge on any atom is -0.488 e. The van der Waals surface area contributed by atoms with E-state index in [1.807, 2.05) is 12.1 Å². The third kappa shape index (κ3) is 3.05. The van der Waals surface area contributed by atoms with E-state index >= 15 is 0 Å². The molecular weight excluding hydrogens is 364 g/mol. The zero-order chi connectivity index (χ0) is 19.7. The number of ether oxygens (including phenoxy) is 3. The number of hydrogen-bond acceptors (Lipinski definition) is 7. The first-order valence-corrected chi connectivity index (χ1v) is 8.77. The van der Waals surface area contributed by atoms with Crippen molar-refractivity contribution in [3.05, 3.63) is 52.6 Å². The van der Waals surface area contributed by atoms with Crippen LogP contribution in [0.4, 0.5) is 0 Å². The monoisotopic (exact) mass is 380 g/mol. The largest absolute Gasteiger partial charge is 0.488 e. The molecule has 0 saturated heterocycles. The fourth-order valence-corrected chi connectivity index (χ4v) is 3.68. The van der Waals surface area contributed by atoms with Crippen LogP contribution in [0.15, 0.2) is 30.3 Å². The number of hydrogen-bond donors (Lipinski definition) is 0. The number of ketones is 2. The lowest BCUT2D eigenvalue weighted by Crippen LogP contribution is -2.30. The van der Waals surface area contributed by atoms with E-state index in [1.165, 1.54) is 0 Å². The summed E-state index contributed by atoms with van der Waals surface area (Å²) in [7, 11) is 0. The van der Waals surface area contributed by atoms with E-state index in [-0.39, 0.29) is 31.3 Å². The number of benzene rings is 2. The Morgan fingerprint density at radius 2 is 1.93 bits per heavy atom. The molecule has 0 amide bonds. The minimum absolute atomic E-state index is 0.221. The van der Waals surface area contributed by atoms with Crippen molar-refractivity contribution in [3.63, 3.8) is 0 Å². The van der Waals surface area contributed by atoms with Crippen LogP contribution in [0.5, 0.6) is 5.75 Å². The average Bonchev–Trinajstić information content (AvgIpc) is 2.72. The minimum atomic E-state index is -0.749. The molecule has 4 rings (SSSR count). The maximum absolute atomic E-state index is 12.5. The SMILES string of the molecule is O=COCC(=O)c1ccc2c(c1)COc1cc3c(cc1-2)CCC(OC=O)C3=O. The van der Waals surface area contributed by atoms with Gasteiger partial charge in [0.25, 0.3) is 12.9 Å². The molecule has 1 aliphatic heterocycles. The van der Waals surface area contributed by atoms with Gasteiger partial charge in [-0.05, 0) is 47.7 Å². The second kappa shape index (κ2) is 7.26. The van der Waals surface area contributed by atoms with Gasteiger partial charge in [0.05, 0.1) is 0 Å². The molecule has 0 N–H and O–H groups in total. The van der Waals surface area contributed by atoms with E-state index in [4.69, 9.17) is 9.47 Å². The summed E-state index contributed by atoms with van der Waals surface area (Å²) >= 11 is 0. The van der Waals surface area contributed by atoms with Gasteiger partial charge in [-0.15, -0.1) is 0 Å². The quantitative estimate of drug-likeness (QED) is 0.560. The summed E-state index contributed by atoms with van der Waals surface area (Å²) in [5.74, 6) is 0.0642. The van der Waals surface area contributed by atoms with Crippen LogP contribution < -0.4 is 4.74 Å². The van der Waals surface area contributed by atoms with E-state index in [2.05, 4.69) is 4.74 Å². The zero-order valence-corrected chi connectivity index (χ0v) is 14.8. The molecule has 1 unspecified atom stereocenters. The normalized spacial score (nSPS) is 16.7. The lowest BCUT2D eigenvalue weighted by molar-refractivity contribution is -0.132. The van der Waals surface area contributed by atoms with Crippen molar-refractivity contribution in [1.29, 1.82) is 0 Å². The van der Waals surface area contributed by atoms with Gasteiger partial charge in [-0.3, -0.25) is 19.2 Å². The highest BCUT2D eigenvalue weighted by Crippen LogP contribution is 2.41. The standard InChI is InChI=1S/C21H16O7/c22-10-26-9-18(24)13-1-3-15-14(5-13)8-27-20-7-16-12(6-17(15)20)2-4-19(21(16)25)28-11-23/h1,3,5-7,10-11,19H,2,4,8-9H2. The Morgan fingerprint density at radius 1 is 1.07 bits per heavy atom. The molecule has 0 aromatic heterocycles. The molecule has 0 fully saturated rings. The number of carbonyl (C=O) groups is 4. The van der Waals surface area contributed by atoms with Gasteiger partial charge < -0.3 is 14.2 Å². The van der Waals surface area contributed by atoms with Crippen LogP contribution >= 0.6 is 0 Å². The number of fused-ring (bicyclic) bond motifs is 4. The smallest absolute Gasteiger partial charge is 0.293 e. The van der Waals surface area contributed by atoms with Gasteiger partial charge in [-0.2, -0.15) is 0 Å². The first-order chi connectivity index (χ1) is 13.6. The first kappa shape index (κ1) is 17.9. The van der Waals surface area contributed by atoms with Crippen molar-refractivity contribution < 1.29 is 33.4 Å². The van der Waals surface area contributed by atoms with Crippen molar-refractivity contribution in [1.82, 2.24) is 0 Å². The summed E-state index contributed by atoms with van der Waals surface area (Å²) in [6.07, 6.45) is 0.310. The molecule has 1 heterocycles. The fraction of sp³-hybridized carbons (Fsp3) is 0.238. The Labute approximate surface area is 160 Å². The van der Waals surface area contributed by atoms with E-state index in [0.717, 1.165) is 22.3 Å². The van der Waals surface area contributed by atoms with Crippen LogP contribution in [-0.4, -0.2) is 37.2 Å². The molecule has 0 spiro atoms. The van der Waals surface area contributed by atoms with E-state index in [0.29, 0.717) is 36.2 Å².